The number of aromatic nitrogens is 6. The average molecular weight is 460 g/mol. The first kappa shape index (κ1) is 21.7. The molecule has 0 atom stereocenters. The van der Waals surface area contributed by atoms with Crippen LogP contribution >= 0.6 is 0 Å². The van der Waals surface area contributed by atoms with Crippen LogP contribution in [0.2, 0.25) is 0 Å². The van der Waals surface area contributed by atoms with Gasteiger partial charge in [-0.05, 0) is 29.8 Å². The summed E-state index contributed by atoms with van der Waals surface area (Å²) in [6.45, 7) is 0.762. The van der Waals surface area contributed by atoms with Crippen LogP contribution in [0.5, 0.6) is 0 Å². The van der Waals surface area contributed by atoms with Crippen LogP contribution in [0.15, 0.2) is 49.2 Å². The Morgan fingerprint density at radius 2 is 1.85 bits per heavy atom. The molecule has 0 radical (unpaired) electrons. The van der Waals surface area contributed by atoms with Crippen LogP contribution in [0.1, 0.15) is 24.2 Å². The Hall–Kier alpha value is -4.13. The van der Waals surface area contributed by atoms with E-state index in [2.05, 4.69) is 26.3 Å². The van der Waals surface area contributed by atoms with Crippen molar-refractivity contribution < 1.29 is 8.78 Å². The zero-order valence-corrected chi connectivity index (χ0v) is 18.8. The Morgan fingerprint density at radius 1 is 1.06 bits per heavy atom. The molecule has 0 unspecified atom stereocenters. The lowest BCUT2D eigenvalue weighted by atomic mass is 9.89. The molecule has 5 rings (SSSR count). The van der Waals surface area contributed by atoms with Gasteiger partial charge >= 0.3 is 0 Å². The summed E-state index contributed by atoms with van der Waals surface area (Å²) in [6.07, 6.45) is 6.94. The molecule has 4 heterocycles. The van der Waals surface area contributed by atoms with Gasteiger partial charge in [-0.25, -0.2) is 9.37 Å². The highest BCUT2D eigenvalue weighted by Gasteiger charge is 2.41. The normalized spacial score (nSPS) is 15.3. The maximum Gasteiger partial charge on any atom is 0.212 e. The van der Waals surface area contributed by atoms with Crippen molar-refractivity contribution in [2.24, 2.45) is 14.1 Å². The average Bonchev–Trinajstić information content (AvgIpc) is 3.48. The standard InChI is InChI=1S/C24H22F2N8/c1-32-15-29-31-23(32)24(26)5-7-34(8-6-24)22-18(11-27)9-17(19-13-30-33(2)14-19)10-20(22)16-3-4-21(25)28-12-16/h3-4,9-10,12-15H,5-8H2,1-2H3. The van der Waals surface area contributed by atoms with Crippen molar-refractivity contribution in [2.45, 2.75) is 18.5 Å². The zero-order valence-electron chi connectivity index (χ0n) is 18.8. The number of piperidine rings is 1. The molecule has 1 aromatic carbocycles. The van der Waals surface area contributed by atoms with E-state index in [1.54, 1.807) is 28.6 Å². The molecule has 4 aromatic rings. The quantitative estimate of drug-likeness (QED) is 0.431. The number of alkyl halides is 1. The van der Waals surface area contributed by atoms with Crippen molar-refractivity contribution >= 4 is 5.69 Å². The van der Waals surface area contributed by atoms with Crippen LogP contribution < -0.4 is 4.90 Å². The first-order chi connectivity index (χ1) is 16.4. The first-order valence-corrected chi connectivity index (χ1v) is 10.9. The van der Waals surface area contributed by atoms with Crippen LogP contribution in [0.25, 0.3) is 22.3 Å². The minimum Gasteiger partial charge on any atom is -0.370 e. The van der Waals surface area contributed by atoms with Crippen molar-refractivity contribution in [3.8, 4) is 28.3 Å². The predicted octanol–water partition coefficient (Wildman–Crippen LogP) is 3.75. The maximum absolute atomic E-state index is 15.8. The highest BCUT2D eigenvalue weighted by atomic mass is 19.1. The number of pyridine rings is 1. The number of halogens is 2. The number of hydrogen-bond acceptors (Lipinski definition) is 6. The number of anilines is 1. The number of hydrogen-bond donors (Lipinski definition) is 0. The third-order valence-corrected chi connectivity index (χ3v) is 6.29. The Balaban J connectivity index is 1.58. The van der Waals surface area contributed by atoms with Crippen molar-refractivity contribution in [2.75, 3.05) is 18.0 Å². The highest BCUT2D eigenvalue weighted by Crippen LogP contribution is 2.42. The molecule has 1 aliphatic heterocycles. The topological polar surface area (TPSA) is 88.5 Å². The highest BCUT2D eigenvalue weighted by molar-refractivity contribution is 5.87. The van der Waals surface area contributed by atoms with Crippen LogP contribution in [0.3, 0.4) is 0 Å². The second-order valence-corrected chi connectivity index (χ2v) is 8.52. The van der Waals surface area contributed by atoms with Crippen LogP contribution in [0, 0.1) is 17.3 Å². The van der Waals surface area contributed by atoms with E-state index in [9.17, 15) is 9.65 Å². The van der Waals surface area contributed by atoms with Crippen molar-refractivity contribution in [1.29, 1.82) is 5.26 Å². The van der Waals surface area contributed by atoms with E-state index in [-0.39, 0.29) is 12.8 Å². The second-order valence-electron chi connectivity index (χ2n) is 8.52. The lowest BCUT2D eigenvalue weighted by Crippen LogP contribution is -2.42. The minimum atomic E-state index is -1.60. The molecule has 0 N–H and O–H groups in total. The summed E-state index contributed by atoms with van der Waals surface area (Å²) < 4.78 is 32.6. The smallest absolute Gasteiger partial charge is 0.212 e. The number of benzene rings is 1. The summed E-state index contributed by atoms with van der Waals surface area (Å²) in [5, 5.41) is 22.1. The SMILES string of the molecule is Cn1cc(-c2cc(C#N)c(N3CCC(F)(c4nncn4C)CC3)c(-c3ccc(F)nc3)c2)cn1. The van der Waals surface area contributed by atoms with Gasteiger partial charge in [0.05, 0.1) is 17.4 Å². The van der Waals surface area contributed by atoms with E-state index in [0.29, 0.717) is 35.7 Å². The molecule has 34 heavy (non-hydrogen) atoms. The minimum absolute atomic E-state index is 0.204. The molecular formula is C24H22F2N8. The summed E-state index contributed by atoms with van der Waals surface area (Å²) in [5.41, 5.74) is 2.60. The van der Waals surface area contributed by atoms with Crippen LogP contribution in [0.4, 0.5) is 14.5 Å². The van der Waals surface area contributed by atoms with E-state index >= 15 is 4.39 Å². The molecule has 172 valence electrons. The Bertz CT molecular complexity index is 1370. The molecule has 0 bridgehead atoms. The molecule has 0 amide bonds. The molecule has 0 spiro atoms. The maximum atomic E-state index is 15.8. The predicted molar refractivity (Wildman–Crippen MR) is 122 cm³/mol. The summed E-state index contributed by atoms with van der Waals surface area (Å²) in [5.74, 6) is -0.277. The summed E-state index contributed by atoms with van der Waals surface area (Å²) in [4.78, 5) is 5.82. The van der Waals surface area contributed by atoms with Gasteiger partial charge < -0.3 is 9.47 Å². The fourth-order valence-electron chi connectivity index (χ4n) is 4.55. The van der Waals surface area contributed by atoms with Gasteiger partial charge in [0.15, 0.2) is 11.5 Å². The monoisotopic (exact) mass is 460 g/mol. The molecule has 3 aromatic heterocycles. The van der Waals surface area contributed by atoms with E-state index < -0.39 is 11.6 Å². The summed E-state index contributed by atoms with van der Waals surface area (Å²) in [7, 11) is 3.55. The van der Waals surface area contributed by atoms with Gasteiger partial charge in [-0.2, -0.15) is 14.8 Å². The molecule has 0 aliphatic carbocycles. The van der Waals surface area contributed by atoms with Crippen LogP contribution in [-0.2, 0) is 19.8 Å². The van der Waals surface area contributed by atoms with Gasteiger partial charge in [0.1, 0.15) is 12.4 Å². The molecule has 8 nitrogen and oxygen atoms in total. The second kappa shape index (κ2) is 8.33. The lowest BCUT2D eigenvalue weighted by molar-refractivity contribution is 0.109. The first-order valence-electron chi connectivity index (χ1n) is 10.9. The molecule has 1 aliphatic rings. The van der Waals surface area contributed by atoms with Crippen LogP contribution in [-0.4, -0.2) is 42.6 Å². The largest absolute Gasteiger partial charge is 0.370 e. The van der Waals surface area contributed by atoms with Gasteiger partial charge in [0.25, 0.3) is 0 Å². The summed E-state index contributed by atoms with van der Waals surface area (Å²) in [6, 6.07) is 8.99. The van der Waals surface area contributed by atoms with Crippen molar-refractivity contribution in [1.82, 2.24) is 29.5 Å². The number of nitrogens with zero attached hydrogens (tertiary/aromatic N) is 8. The van der Waals surface area contributed by atoms with Crippen molar-refractivity contribution in [3.63, 3.8) is 0 Å². The van der Waals surface area contributed by atoms with Gasteiger partial charge in [-0.15, -0.1) is 10.2 Å². The van der Waals surface area contributed by atoms with E-state index in [1.807, 2.05) is 30.3 Å². The van der Waals surface area contributed by atoms with Crippen molar-refractivity contribution in [3.05, 3.63) is 66.5 Å². The molecule has 1 fully saturated rings. The molecule has 0 saturated carbocycles. The molecular weight excluding hydrogens is 438 g/mol. The number of aryl methyl sites for hydroxylation is 2. The van der Waals surface area contributed by atoms with Gasteiger partial charge in [0, 0.05) is 69.1 Å². The van der Waals surface area contributed by atoms with Gasteiger partial charge in [-0.3, -0.25) is 4.68 Å². The fraction of sp³-hybridized carbons (Fsp3) is 0.292. The zero-order chi connectivity index (χ0) is 23.9. The number of rotatable bonds is 4. The Kier molecular flexibility index (Phi) is 5.32. The van der Waals surface area contributed by atoms with E-state index in [4.69, 9.17) is 0 Å². The Morgan fingerprint density at radius 3 is 2.44 bits per heavy atom. The third kappa shape index (κ3) is 3.79. The summed E-state index contributed by atoms with van der Waals surface area (Å²) >= 11 is 0. The van der Waals surface area contributed by atoms with E-state index in [0.717, 1.165) is 16.7 Å². The third-order valence-electron chi connectivity index (χ3n) is 6.29. The molecule has 1 saturated heterocycles. The van der Waals surface area contributed by atoms with Gasteiger partial charge in [-0.1, -0.05) is 0 Å². The number of nitriles is 1. The lowest BCUT2D eigenvalue weighted by Gasteiger charge is -2.38. The molecule has 10 heteroatoms. The van der Waals surface area contributed by atoms with Gasteiger partial charge in [0.2, 0.25) is 5.95 Å². The fourth-order valence-corrected chi connectivity index (χ4v) is 4.55. The van der Waals surface area contributed by atoms with E-state index in [1.165, 1.54) is 18.6 Å². The Labute approximate surface area is 195 Å².